The number of hydrogen-bond donors (Lipinski definition) is 3. The molecule has 110 valence electrons. The van der Waals surface area contributed by atoms with Crippen molar-refractivity contribution in [2.24, 2.45) is 0 Å². The van der Waals surface area contributed by atoms with E-state index in [0.29, 0.717) is 16.5 Å². The summed E-state index contributed by atoms with van der Waals surface area (Å²) < 4.78 is 14.0. The van der Waals surface area contributed by atoms with Crippen molar-refractivity contribution < 1.29 is 19.1 Å². The zero-order valence-electron chi connectivity index (χ0n) is 11.0. The van der Waals surface area contributed by atoms with E-state index in [1.54, 1.807) is 30.3 Å². The Bertz CT molecular complexity index is 690. The van der Waals surface area contributed by atoms with Crippen molar-refractivity contribution in [3.05, 3.63) is 47.8 Å². The van der Waals surface area contributed by atoms with Crippen LogP contribution in [-0.2, 0) is 4.79 Å². The van der Waals surface area contributed by atoms with Crippen LogP contribution in [0, 0.1) is 5.82 Å². The van der Waals surface area contributed by atoms with E-state index in [2.05, 4.69) is 17.9 Å². The Balaban J connectivity index is 2.39. The normalized spacial score (nSPS) is 12.1. The number of rotatable bonds is 5. The first kappa shape index (κ1) is 15.3. The molecule has 0 bridgehead atoms. The van der Waals surface area contributed by atoms with Crippen LogP contribution in [0.1, 0.15) is 16.8 Å². The fourth-order valence-electron chi connectivity index (χ4n) is 2.09. The molecular weight excluding hydrogens is 293 g/mol. The average Bonchev–Trinajstić information content (AvgIpc) is 2.46. The maximum absolute atomic E-state index is 14.0. The predicted molar refractivity (Wildman–Crippen MR) is 81.3 cm³/mol. The summed E-state index contributed by atoms with van der Waals surface area (Å²) in [5, 5.41) is 12.5. The number of carboxylic acid groups (broad SMARTS) is 1. The van der Waals surface area contributed by atoms with Crippen LogP contribution in [0.15, 0.2) is 36.4 Å². The summed E-state index contributed by atoms with van der Waals surface area (Å²) >= 11 is 3.95. The number of hydrogen-bond acceptors (Lipinski definition) is 3. The number of thiol groups is 1. The Morgan fingerprint density at radius 2 is 1.95 bits per heavy atom. The van der Waals surface area contributed by atoms with Gasteiger partial charge >= 0.3 is 5.97 Å². The molecular formula is C15H14FNO3S. The molecule has 1 amide bonds. The predicted octanol–water partition coefficient (Wildman–Crippen LogP) is 2.48. The van der Waals surface area contributed by atoms with E-state index in [0.717, 1.165) is 0 Å². The molecule has 0 saturated heterocycles. The fraction of sp³-hybridized carbons (Fsp3) is 0.200. The largest absolute Gasteiger partial charge is 0.480 e. The number of benzene rings is 2. The quantitative estimate of drug-likeness (QED) is 0.744. The van der Waals surface area contributed by atoms with E-state index in [1.807, 2.05) is 0 Å². The molecule has 2 aromatic carbocycles. The molecule has 21 heavy (non-hydrogen) atoms. The molecule has 0 heterocycles. The molecule has 6 heteroatoms. The van der Waals surface area contributed by atoms with Gasteiger partial charge in [0.15, 0.2) is 0 Å². The lowest BCUT2D eigenvalue weighted by atomic mass is 10.0. The second-order valence-electron chi connectivity index (χ2n) is 4.52. The van der Waals surface area contributed by atoms with E-state index in [1.165, 1.54) is 6.07 Å². The third-order valence-corrected chi connectivity index (χ3v) is 3.38. The summed E-state index contributed by atoms with van der Waals surface area (Å²) in [5.41, 5.74) is -0.140. The van der Waals surface area contributed by atoms with Crippen LogP contribution in [0.3, 0.4) is 0 Å². The van der Waals surface area contributed by atoms with Gasteiger partial charge in [-0.3, -0.25) is 4.79 Å². The van der Waals surface area contributed by atoms with Gasteiger partial charge in [0.2, 0.25) is 0 Å². The highest BCUT2D eigenvalue weighted by atomic mass is 32.1. The maximum Gasteiger partial charge on any atom is 0.326 e. The number of nitrogens with one attached hydrogen (secondary N) is 1. The van der Waals surface area contributed by atoms with E-state index < -0.39 is 23.7 Å². The van der Waals surface area contributed by atoms with Crippen LogP contribution in [0.25, 0.3) is 10.8 Å². The topological polar surface area (TPSA) is 66.4 Å². The van der Waals surface area contributed by atoms with E-state index >= 15 is 0 Å². The number of halogens is 1. The molecule has 0 saturated carbocycles. The molecule has 2 aromatic rings. The SMILES string of the molecule is O=C(N[C@@H](CCS)C(=O)O)c1c(F)ccc2ccccc12. The van der Waals surface area contributed by atoms with E-state index in [4.69, 9.17) is 5.11 Å². The first-order valence-electron chi connectivity index (χ1n) is 6.36. The van der Waals surface area contributed by atoms with Gasteiger partial charge in [0.1, 0.15) is 11.9 Å². The first-order chi connectivity index (χ1) is 10.0. The summed E-state index contributed by atoms with van der Waals surface area (Å²) in [7, 11) is 0. The highest BCUT2D eigenvalue weighted by Crippen LogP contribution is 2.21. The smallest absolute Gasteiger partial charge is 0.326 e. The third kappa shape index (κ3) is 3.33. The van der Waals surface area contributed by atoms with Crippen molar-refractivity contribution in [3.8, 4) is 0 Å². The van der Waals surface area contributed by atoms with Crippen LogP contribution < -0.4 is 5.32 Å². The first-order valence-corrected chi connectivity index (χ1v) is 6.99. The number of fused-ring (bicyclic) bond motifs is 1. The Kier molecular flexibility index (Phi) is 4.80. The lowest BCUT2D eigenvalue weighted by Crippen LogP contribution is -2.41. The van der Waals surface area contributed by atoms with Gasteiger partial charge in [0, 0.05) is 0 Å². The van der Waals surface area contributed by atoms with Crippen molar-refractivity contribution in [3.63, 3.8) is 0 Å². The van der Waals surface area contributed by atoms with E-state index in [-0.39, 0.29) is 12.0 Å². The highest BCUT2D eigenvalue weighted by Gasteiger charge is 2.23. The Morgan fingerprint density at radius 3 is 2.62 bits per heavy atom. The second kappa shape index (κ2) is 6.58. The van der Waals surface area contributed by atoms with Gasteiger partial charge in [-0.1, -0.05) is 30.3 Å². The van der Waals surface area contributed by atoms with Crippen LogP contribution in [0.4, 0.5) is 4.39 Å². The lowest BCUT2D eigenvalue weighted by molar-refractivity contribution is -0.139. The summed E-state index contributed by atoms with van der Waals surface area (Å²) in [5.74, 6) is -2.28. The molecule has 0 aliphatic heterocycles. The van der Waals surface area contributed by atoms with Gasteiger partial charge in [0.25, 0.3) is 5.91 Å². The molecule has 0 aliphatic rings. The minimum atomic E-state index is -1.17. The average molecular weight is 307 g/mol. The standard InChI is InChI=1S/C15H14FNO3S/c16-11-6-5-9-3-1-2-4-10(9)13(11)14(18)17-12(7-8-21)15(19)20/h1-6,12,21H,7-8H2,(H,17,18)(H,19,20)/t12-/m0/s1. The van der Waals surface area contributed by atoms with Gasteiger partial charge < -0.3 is 10.4 Å². The molecule has 1 atom stereocenters. The molecule has 0 aromatic heterocycles. The number of aliphatic carboxylic acids is 1. The van der Waals surface area contributed by atoms with Crippen molar-refractivity contribution in [2.45, 2.75) is 12.5 Å². The Labute approximate surface area is 126 Å². The molecule has 2 N–H and O–H groups in total. The molecule has 0 radical (unpaired) electrons. The summed E-state index contributed by atoms with van der Waals surface area (Å²) in [6.07, 6.45) is 0.163. The summed E-state index contributed by atoms with van der Waals surface area (Å²) in [6.45, 7) is 0. The van der Waals surface area contributed by atoms with Crippen molar-refractivity contribution >= 4 is 35.3 Å². The van der Waals surface area contributed by atoms with Crippen LogP contribution in [0.2, 0.25) is 0 Å². The minimum absolute atomic E-state index is 0.140. The van der Waals surface area contributed by atoms with Crippen LogP contribution in [0.5, 0.6) is 0 Å². The van der Waals surface area contributed by atoms with Crippen LogP contribution in [-0.4, -0.2) is 28.8 Å². The van der Waals surface area contributed by atoms with Crippen molar-refractivity contribution in [1.82, 2.24) is 5.32 Å². The molecule has 4 nitrogen and oxygen atoms in total. The number of carbonyl (C=O) groups excluding carboxylic acids is 1. The van der Waals surface area contributed by atoms with Crippen molar-refractivity contribution in [1.29, 1.82) is 0 Å². The second-order valence-corrected chi connectivity index (χ2v) is 4.97. The van der Waals surface area contributed by atoms with Gasteiger partial charge in [-0.2, -0.15) is 12.6 Å². The molecule has 0 spiro atoms. The molecule has 0 aliphatic carbocycles. The monoisotopic (exact) mass is 307 g/mol. The van der Waals surface area contributed by atoms with Gasteiger partial charge in [-0.15, -0.1) is 0 Å². The van der Waals surface area contributed by atoms with E-state index in [9.17, 15) is 14.0 Å². The van der Waals surface area contributed by atoms with Gasteiger partial charge in [0.05, 0.1) is 5.56 Å². The lowest BCUT2D eigenvalue weighted by Gasteiger charge is -2.15. The third-order valence-electron chi connectivity index (χ3n) is 3.13. The number of carboxylic acids is 1. The van der Waals surface area contributed by atoms with Crippen LogP contribution >= 0.6 is 12.6 Å². The molecule has 2 rings (SSSR count). The zero-order valence-corrected chi connectivity index (χ0v) is 11.9. The molecule has 0 fully saturated rings. The Morgan fingerprint density at radius 1 is 1.24 bits per heavy atom. The zero-order chi connectivity index (χ0) is 15.4. The summed E-state index contributed by atoms with van der Waals surface area (Å²) in [6, 6.07) is 8.54. The summed E-state index contributed by atoms with van der Waals surface area (Å²) in [4.78, 5) is 23.3. The Hall–Kier alpha value is -2.08. The van der Waals surface area contributed by atoms with Gasteiger partial charge in [-0.05, 0) is 29.0 Å². The van der Waals surface area contributed by atoms with Crippen molar-refractivity contribution in [2.75, 3.05) is 5.75 Å². The molecule has 0 unspecified atom stereocenters. The number of amides is 1. The van der Waals surface area contributed by atoms with Gasteiger partial charge in [-0.25, -0.2) is 9.18 Å². The highest BCUT2D eigenvalue weighted by molar-refractivity contribution is 7.80. The minimum Gasteiger partial charge on any atom is -0.480 e. The maximum atomic E-state index is 14.0. The fourth-order valence-corrected chi connectivity index (χ4v) is 2.35. The number of carbonyl (C=O) groups is 2.